The van der Waals surface area contributed by atoms with Gasteiger partial charge in [-0.05, 0) is 30.6 Å². The van der Waals surface area contributed by atoms with Crippen molar-refractivity contribution in [1.82, 2.24) is 0 Å². The van der Waals surface area contributed by atoms with E-state index in [0.29, 0.717) is 5.57 Å². The van der Waals surface area contributed by atoms with Gasteiger partial charge in [0.1, 0.15) is 6.10 Å². The first kappa shape index (κ1) is 11.1. The molecule has 0 unspecified atom stereocenters. The molecular weight excluding hydrogens is 212 g/mol. The van der Waals surface area contributed by atoms with Crippen molar-refractivity contribution in [2.75, 3.05) is 0 Å². The van der Waals surface area contributed by atoms with Crippen LogP contribution in [0.4, 0.5) is 0 Å². The Balaban J connectivity index is 1.92. The molecule has 0 bridgehead atoms. The van der Waals surface area contributed by atoms with Crippen LogP contribution in [0.3, 0.4) is 0 Å². The summed E-state index contributed by atoms with van der Waals surface area (Å²) in [4.78, 5) is 11.6. The molecule has 0 aromatic carbocycles. The third kappa shape index (κ3) is 1.57. The zero-order valence-corrected chi connectivity index (χ0v) is 10.7. The minimum atomic E-state index is -0.170. The SMILES string of the molecule is C=C1C(=O)O[C@@H]2CC3=CC[C@@H](C)C[C@]3(C)C[C@H]12. The number of rotatable bonds is 0. The lowest BCUT2D eigenvalue weighted by Gasteiger charge is -2.45. The largest absolute Gasteiger partial charge is 0.458 e. The first-order chi connectivity index (χ1) is 7.99. The molecule has 0 N–H and O–H groups in total. The van der Waals surface area contributed by atoms with Gasteiger partial charge in [0.05, 0.1) is 0 Å². The summed E-state index contributed by atoms with van der Waals surface area (Å²) in [5, 5.41) is 0. The fourth-order valence-corrected chi connectivity index (χ4v) is 3.93. The Bertz CT molecular complexity index is 421. The second-order valence-corrected chi connectivity index (χ2v) is 6.32. The van der Waals surface area contributed by atoms with Gasteiger partial charge in [-0.3, -0.25) is 0 Å². The monoisotopic (exact) mass is 232 g/mol. The average Bonchev–Trinajstić information content (AvgIpc) is 2.51. The van der Waals surface area contributed by atoms with Gasteiger partial charge in [0.2, 0.25) is 0 Å². The Morgan fingerprint density at radius 2 is 2.24 bits per heavy atom. The first-order valence-electron chi connectivity index (χ1n) is 6.59. The van der Waals surface area contributed by atoms with E-state index >= 15 is 0 Å². The maximum absolute atomic E-state index is 11.6. The van der Waals surface area contributed by atoms with E-state index < -0.39 is 0 Å². The summed E-state index contributed by atoms with van der Waals surface area (Å²) < 4.78 is 5.42. The molecule has 4 atom stereocenters. The highest BCUT2D eigenvalue weighted by Gasteiger charge is 2.49. The Hall–Kier alpha value is -1.05. The molecule has 2 heteroatoms. The van der Waals surface area contributed by atoms with E-state index in [1.54, 1.807) is 0 Å². The molecular formula is C15H20O2. The molecule has 0 aromatic heterocycles. The van der Waals surface area contributed by atoms with Crippen LogP contribution in [0, 0.1) is 17.3 Å². The molecule has 2 fully saturated rings. The summed E-state index contributed by atoms with van der Waals surface area (Å²) in [7, 11) is 0. The summed E-state index contributed by atoms with van der Waals surface area (Å²) >= 11 is 0. The van der Waals surface area contributed by atoms with Gasteiger partial charge in [0.25, 0.3) is 0 Å². The second kappa shape index (κ2) is 3.47. The number of esters is 1. The topological polar surface area (TPSA) is 26.3 Å². The molecule has 1 saturated carbocycles. The fourth-order valence-electron chi connectivity index (χ4n) is 3.93. The van der Waals surface area contributed by atoms with Gasteiger partial charge in [-0.2, -0.15) is 0 Å². The summed E-state index contributed by atoms with van der Waals surface area (Å²) in [6.07, 6.45) is 6.85. The maximum Gasteiger partial charge on any atom is 0.334 e. The Labute approximate surface area is 103 Å². The number of hydrogen-bond acceptors (Lipinski definition) is 2. The van der Waals surface area contributed by atoms with Crippen molar-refractivity contribution in [3.63, 3.8) is 0 Å². The van der Waals surface area contributed by atoms with Crippen LogP contribution < -0.4 is 0 Å². The van der Waals surface area contributed by atoms with Crippen LogP contribution in [0.1, 0.15) is 39.5 Å². The quantitative estimate of drug-likeness (QED) is 0.364. The van der Waals surface area contributed by atoms with Crippen molar-refractivity contribution in [2.24, 2.45) is 17.3 Å². The van der Waals surface area contributed by atoms with Gasteiger partial charge in [-0.1, -0.05) is 32.1 Å². The van der Waals surface area contributed by atoms with Crippen LogP contribution in [-0.4, -0.2) is 12.1 Å². The van der Waals surface area contributed by atoms with Crippen molar-refractivity contribution >= 4 is 5.97 Å². The minimum absolute atomic E-state index is 0.0720. The van der Waals surface area contributed by atoms with Crippen LogP contribution in [-0.2, 0) is 9.53 Å². The van der Waals surface area contributed by atoms with Crippen molar-refractivity contribution in [3.8, 4) is 0 Å². The van der Waals surface area contributed by atoms with Crippen molar-refractivity contribution in [1.29, 1.82) is 0 Å². The molecule has 17 heavy (non-hydrogen) atoms. The van der Waals surface area contributed by atoms with Gasteiger partial charge in [-0.15, -0.1) is 0 Å². The normalized spacial score (nSPS) is 44.8. The molecule has 0 radical (unpaired) electrons. The van der Waals surface area contributed by atoms with E-state index in [9.17, 15) is 4.79 Å². The fraction of sp³-hybridized carbons (Fsp3) is 0.667. The summed E-state index contributed by atoms with van der Waals surface area (Å²) in [6.45, 7) is 8.58. The van der Waals surface area contributed by atoms with Gasteiger partial charge >= 0.3 is 5.97 Å². The van der Waals surface area contributed by atoms with Crippen LogP contribution in [0.25, 0.3) is 0 Å². The van der Waals surface area contributed by atoms with Crippen LogP contribution >= 0.6 is 0 Å². The number of carbonyl (C=O) groups excluding carboxylic acids is 1. The Kier molecular flexibility index (Phi) is 2.26. The summed E-state index contributed by atoms with van der Waals surface area (Å²) in [6, 6.07) is 0. The first-order valence-corrected chi connectivity index (χ1v) is 6.59. The number of fused-ring (bicyclic) bond motifs is 2. The van der Waals surface area contributed by atoms with Gasteiger partial charge < -0.3 is 4.74 Å². The van der Waals surface area contributed by atoms with E-state index in [0.717, 1.165) is 18.8 Å². The number of carbonyl (C=O) groups is 1. The molecule has 1 heterocycles. The molecule has 0 spiro atoms. The molecule has 0 amide bonds. The van der Waals surface area contributed by atoms with E-state index in [1.165, 1.54) is 18.4 Å². The molecule has 3 rings (SSSR count). The molecule has 1 saturated heterocycles. The molecule has 2 aliphatic carbocycles. The van der Waals surface area contributed by atoms with Crippen LogP contribution in [0.5, 0.6) is 0 Å². The standard InChI is InChI=1S/C15H20O2/c1-9-4-5-11-6-13-12(8-15(11,3)7-9)10(2)14(16)17-13/h5,9,12-13H,2,4,6-8H2,1,3H3/t9-,12-,13-,15-/m1/s1. The van der Waals surface area contributed by atoms with E-state index in [-0.39, 0.29) is 23.4 Å². The van der Waals surface area contributed by atoms with E-state index in [1.807, 2.05) is 0 Å². The van der Waals surface area contributed by atoms with Crippen LogP contribution in [0.2, 0.25) is 0 Å². The summed E-state index contributed by atoms with van der Waals surface area (Å²) in [5.41, 5.74) is 2.49. The van der Waals surface area contributed by atoms with Crippen molar-refractivity contribution < 1.29 is 9.53 Å². The molecule has 3 aliphatic rings. The van der Waals surface area contributed by atoms with Crippen molar-refractivity contribution in [3.05, 3.63) is 23.8 Å². The van der Waals surface area contributed by atoms with E-state index in [4.69, 9.17) is 4.74 Å². The van der Waals surface area contributed by atoms with Gasteiger partial charge in [-0.25, -0.2) is 4.79 Å². The number of ether oxygens (including phenoxy) is 1. The highest BCUT2D eigenvalue weighted by molar-refractivity contribution is 5.91. The average molecular weight is 232 g/mol. The zero-order chi connectivity index (χ0) is 12.2. The number of allylic oxidation sites excluding steroid dienone is 1. The third-order valence-corrected chi connectivity index (χ3v) is 4.85. The zero-order valence-electron chi connectivity index (χ0n) is 10.7. The number of hydrogen-bond donors (Lipinski definition) is 0. The van der Waals surface area contributed by atoms with Crippen LogP contribution in [0.15, 0.2) is 23.8 Å². The molecule has 92 valence electrons. The lowest BCUT2D eigenvalue weighted by molar-refractivity contribution is -0.139. The summed E-state index contributed by atoms with van der Waals surface area (Å²) in [5.74, 6) is 0.845. The van der Waals surface area contributed by atoms with Gasteiger partial charge in [0.15, 0.2) is 0 Å². The highest BCUT2D eigenvalue weighted by atomic mass is 16.6. The predicted molar refractivity (Wildman–Crippen MR) is 66.3 cm³/mol. The Morgan fingerprint density at radius 3 is 3.00 bits per heavy atom. The second-order valence-electron chi connectivity index (χ2n) is 6.32. The van der Waals surface area contributed by atoms with E-state index in [2.05, 4.69) is 26.5 Å². The minimum Gasteiger partial charge on any atom is -0.458 e. The predicted octanol–water partition coefficient (Wildman–Crippen LogP) is 3.24. The molecule has 2 nitrogen and oxygen atoms in total. The molecule has 1 aliphatic heterocycles. The molecule has 0 aromatic rings. The highest BCUT2D eigenvalue weighted by Crippen LogP contribution is 2.54. The smallest absolute Gasteiger partial charge is 0.334 e. The van der Waals surface area contributed by atoms with Gasteiger partial charge in [0, 0.05) is 17.9 Å². The lowest BCUT2D eigenvalue weighted by Crippen LogP contribution is -2.38. The lowest BCUT2D eigenvalue weighted by atomic mass is 9.60. The Morgan fingerprint density at radius 1 is 1.47 bits per heavy atom. The van der Waals surface area contributed by atoms with Crippen molar-refractivity contribution in [2.45, 2.75) is 45.6 Å². The maximum atomic E-state index is 11.6. The third-order valence-electron chi connectivity index (χ3n) is 4.85.